The second kappa shape index (κ2) is 7.31. The molecule has 0 bridgehead atoms. The predicted octanol–water partition coefficient (Wildman–Crippen LogP) is 4.40. The van der Waals surface area contributed by atoms with Crippen LogP contribution in [0.4, 0.5) is 0 Å². The van der Waals surface area contributed by atoms with Gasteiger partial charge in [-0.1, -0.05) is 18.5 Å². The van der Waals surface area contributed by atoms with Crippen molar-refractivity contribution in [2.24, 2.45) is 5.92 Å². The van der Waals surface area contributed by atoms with Crippen LogP contribution in [0.15, 0.2) is 36.7 Å². The number of carbonyl (C=O) groups is 1. The molecule has 24 heavy (non-hydrogen) atoms. The van der Waals surface area contributed by atoms with Crippen molar-refractivity contribution in [2.75, 3.05) is 20.2 Å². The third-order valence-corrected chi connectivity index (χ3v) is 4.64. The van der Waals surface area contributed by atoms with Crippen LogP contribution in [0, 0.1) is 5.92 Å². The van der Waals surface area contributed by atoms with Gasteiger partial charge in [0.2, 0.25) is 0 Å². The number of carbonyl (C=O) groups excluding carboxylic acids is 1. The standard InChI is InChI=1S/C19H23ClN2O2/c1-3-8-22(13-14-6-7-14)19(23)15-11-16(20)17(12-18(15)24-2)21-9-4-5-10-21/h4-5,9-12,14H,3,6-8,13H2,1-2H3. The van der Waals surface area contributed by atoms with Crippen molar-refractivity contribution in [3.63, 3.8) is 0 Å². The number of nitrogens with zero attached hydrogens (tertiary/aromatic N) is 2. The van der Waals surface area contributed by atoms with Crippen LogP contribution in [0.25, 0.3) is 5.69 Å². The fraction of sp³-hybridized carbons (Fsp3) is 0.421. The van der Waals surface area contributed by atoms with Crippen LogP contribution < -0.4 is 4.74 Å². The van der Waals surface area contributed by atoms with Gasteiger partial charge in [0, 0.05) is 31.5 Å². The van der Waals surface area contributed by atoms with E-state index in [9.17, 15) is 4.79 Å². The topological polar surface area (TPSA) is 34.5 Å². The molecule has 1 aromatic heterocycles. The first-order chi connectivity index (χ1) is 11.6. The Kier molecular flexibility index (Phi) is 5.14. The first kappa shape index (κ1) is 16.9. The van der Waals surface area contributed by atoms with Crippen molar-refractivity contribution < 1.29 is 9.53 Å². The highest BCUT2D eigenvalue weighted by Crippen LogP contribution is 2.33. The number of benzene rings is 1. The van der Waals surface area contributed by atoms with Gasteiger partial charge in [-0.15, -0.1) is 0 Å². The zero-order valence-corrected chi connectivity index (χ0v) is 14.9. The molecule has 128 valence electrons. The number of hydrogen-bond acceptors (Lipinski definition) is 2. The quantitative estimate of drug-likeness (QED) is 0.744. The van der Waals surface area contributed by atoms with Crippen LogP contribution in [0.2, 0.25) is 5.02 Å². The van der Waals surface area contributed by atoms with Crippen LogP contribution in [-0.4, -0.2) is 35.6 Å². The largest absolute Gasteiger partial charge is 0.496 e. The molecule has 3 rings (SSSR count). The fourth-order valence-corrected chi connectivity index (χ4v) is 3.16. The Bertz CT molecular complexity index is 708. The van der Waals surface area contributed by atoms with Gasteiger partial charge in [0.15, 0.2) is 0 Å². The number of methoxy groups -OCH3 is 1. The van der Waals surface area contributed by atoms with Crippen molar-refractivity contribution in [1.29, 1.82) is 0 Å². The van der Waals surface area contributed by atoms with Crippen molar-refractivity contribution in [2.45, 2.75) is 26.2 Å². The Balaban J connectivity index is 1.93. The maximum atomic E-state index is 13.0. The minimum atomic E-state index is 0.00144. The zero-order chi connectivity index (χ0) is 17.1. The molecule has 0 N–H and O–H groups in total. The highest BCUT2D eigenvalue weighted by Gasteiger charge is 2.28. The Labute approximate surface area is 148 Å². The van der Waals surface area contributed by atoms with E-state index in [1.165, 1.54) is 12.8 Å². The van der Waals surface area contributed by atoms with E-state index in [0.717, 1.165) is 25.2 Å². The van der Waals surface area contributed by atoms with Crippen LogP contribution in [0.3, 0.4) is 0 Å². The van der Waals surface area contributed by atoms with Gasteiger partial charge in [-0.05, 0) is 43.4 Å². The maximum Gasteiger partial charge on any atom is 0.257 e. The van der Waals surface area contributed by atoms with Gasteiger partial charge in [0.25, 0.3) is 5.91 Å². The first-order valence-electron chi connectivity index (χ1n) is 8.44. The molecule has 2 aromatic rings. The average molecular weight is 347 g/mol. The lowest BCUT2D eigenvalue weighted by molar-refractivity contribution is 0.0744. The second-order valence-electron chi connectivity index (χ2n) is 6.29. The molecule has 1 saturated carbocycles. The molecule has 1 aromatic carbocycles. The summed E-state index contributed by atoms with van der Waals surface area (Å²) >= 11 is 6.45. The summed E-state index contributed by atoms with van der Waals surface area (Å²) in [6.45, 7) is 3.68. The summed E-state index contributed by atoms with van der Waals surface area (Å²) < 4.78 is 7.40. The SMILES string of the molecule is CCCN(CC1CC1)C(=O)c1cc(Cl)c(-n2cccc2)cc1OC. The zero-order valence-electron chi connectivity index (χ0n) is 14.2. The minimum absolute atomic E-state index is 0.00144. The molecule has 0 radical (unpaired) electrons. The summed E-state index contributed by atoms with van der Waals surface area (Å²) in [5.74, 6) is 1.22. The van der Waals surface area contributed by atoms with E-state index in [1.807, 2.05) is 40.1 Å². The van der Waals surface area contributed by atoms with Crippen molar-refractivity contribution >= 4 is 17.5 Å². The minimum Gasteiger partial charge on any atom is -0.496 e. The maximum absolute atomic E-state index is 13.0. The van der Waals surface area contributed by atoms with Gasteiger partial charge in [-0.3, -0.25) is 4.79 Å². The van der Waals surface area contributed by atoms with Crippen LogP contribution in [0.5, 0.6) is 5.75 Å². The fourth-order valence-electron chi connectivity index (χ4n) is 2.90. The van der Waals surface area contributed by atoms with E-state index in [0.29, 0.717) is 22.3 Å². The van der Waals surface area contributed by atoms with Gasteiger partial charge in [0.05, 0.1) is 23.4 Å². The number of hydrogen-bond donors (Lipinski definition) is 0. The average Bonchev–Trinajstić information content (AvgIpc) is 3.23. The molecule has 0 aliphatic heterocycles. The summed E-state index contributed by atoms with van der Waals surface area (Å²) in [4.78, 5) is 14.9. The van der Waals surface area contributed by atoms with Crippen molar-refractivity contribution in [3.8, 4) is 11.4 Å². The van der Waals surface area contributed by atoms with Crippen LogP contribution in [-0.2, 0) is 0 Å². The molecule has 1 aliphatic rings. The Morgan fingerprint density at radius 1 is 1.33 bits per heavy atom. The summed E-state index contributed by atoms with van der Waals surface area (Å²) in [6.07, 6.45) is 7.21. The molecule has 0 atom stereocenters. The Hall–Kier alpha value is -1.94. The van der Waals surface area contributed by atoms with E-state index in [1.54, 1.807) is 13.2 Å². The molecule has 1 fully saturated rings. The number of aromatic nitrogens is 1. The molecule has 0 unspecified atom stereocenters. The van der Waals surface area contributed by atoms with Gasteiger partial charge < -0.3 is 14.2 Å². The van der Waals surface area contributed by atoms with Crippen molar-refractivity contribution in [3.05, 3.63) is 47.2 Å². The number of rotatable bonds is 7. The lowest BCUT2D eigenvalue weighted by atomic mass is 10.1. The molecule has 4 nitrogen and oxygen atoms in total. The monoisotopic (exact) mass is 346 g/mol. The third kappa shape index (κ3) is 3.59. The van der Waals surface area contributed by atoms with E-state index in [-0.39, 0.29) is 5.91 Å². The van der Waals surface area contributed by atoms with E-state index >= 15 is 0 Å². The van der Waals surface area contributed by atoms with E-state index < -0.39 is 0 Å². The highest BCUT2D eigenvalue weighted by atomic mass is 35.5. The molecular formula is C19H23ClN2O2. The summed E-state index contributed by atoms with van der Waals surface area (Å²) in [5.41, 5.74) is 1.34. The third-order valence-electron chi connectivity index (χ3n) is 4.34. The molecule has 1 aliphatic carbocycles. The molecule has 0 saturated heterocycles. The lowest BCUT2D eigenvalue weighted by Crippen LogP contribution is -2.34. The van der Waals surface area contributed by atoms with Crippen LogP contribution in [0.1, 0.15) is 36.5 Å². The lowest BCUT2D eigenvalue weighted by Gasteiger charge is -2.23. The summed E-state index contributed by atoms with van der Waals surface area (Å²) in [5, 5.41) is 0.540. The molecule has 1 amide bonds. The second-order valence-corrected chi connectivity index (χ2v) is 6.70. The molecular weight excluding hydrogens is 324 g/mol. The van der Waals surface area contributed by atoms with Gasteiger partial charge in [-0.25, -0.2) is 0 Å². The number of amides is 1. The predicted molar refractivity (Wildman–Crippen MR) is 96.2 cm³/mol. The molecule has 0 spiro atoms. The number of halogens is 1. The molecule has 5 heteroatoms. The number of ether oxygens (including phenoxy) is 1. The van der Waals surface area contributed by atoms with Crippen molar-refractivity contribution in [1.82, 2.24) is 9.47 Å². The normalized spacial score (nSPS) is 13.8. The van der Waals surface area contributed by atoms with E-state index in [4.69, 9.17) is 16.3 Å². The van der Waals surface area contributed by atoms with Crippen LogP contribution >= 0.6 is 11.6 Å². The summed E-state index contributed by atoms with van der Waals surface area (Å²) in [6, 6.07) is 7.42. The Morgan fingerprint density at radius 2 is 2.04 bits per heavy atom. The van der Waals surface area contributed by atoms with E-state index in [2.05, 4.69) is 6.92 Å². The summed E-state index contributed by atoms with van der Waals surface area (Å²) in [7, 11) is 1.59. The van der Waals surface area contributed by atoms with Gasteiger partial charge >= 0.3 is 0 Å². The molecule has 1 heterocycles. The van der Waals surface area contributed by atoms with Gasteiger partial charge in [0.1, 0.15) is 5.75 Å². The Morgan fingerprint density at radius 3 is 2.62 bits per heavy atom. The highest BCUT2D eigenvalue weighted by molar-refractivity contribution is 6.33. The smallest absolute Gasteiger partial charge is 0.257 e. The van der Waals surface area contributed by atoms with Gasteiger partial charge in [-0.2, -0.15) is 0 Å². The first-order valence-corrected chi connectivity index (χ1v) is 8.82.